The Bertz CT molecular complexity index is 279. The van der Waals surface area contributed by atoms with E-state index in [1.165, 1.54) is 0 Å². The van der Waals surface area contributed by atoms with Crippen molar-refractivity contribution in [2.24, 2.45) is 5.92 Å². The molecule has 118 valence electrons. The number of nitrogens with one attached hydrogen (secondary N) is 1. The van der Waals surface area contributed by atoms with Crippen LogP contribution >= 0.6 is 0 Å². The standard InChI is InChI=1S/C15H29NO4/c1-3-15(14(17)18,16-4-2)8-5-9-20-12-13-6-10-19-11-7-13/h13,16H,3-12H2,1-2H3,(H,17,18). The van der Waals surface area contributed by atoms with E-state index >= 15 is 0 Å². The summed E-state index contributed by atoms with van der Waals surface area (Å²) in [6.07, 6.45) is 4.13. The Morgan fingerprint density at radius 1 is 1.40 bits per heavy atom. The molecule has 0 amide bonds. The highest BCUT2D eigenvalue weighted by Gasteiger charge is 2.34. The second-order valence-corrected chi connectivity index (χ2v) is 5.51. The first-order chi connectivity index (χ1) is 9.64. The second kappa shape index (κ2) is 9.32. The minimum absolute atomic E-state index is 0.593. The van der Waals surface area contributed by atoms with E-state index in [0.717, 1.165) is 39.1 Å². The first kappa shape index (κ1) is 17.4. The fraction of sp³-hybridized carbons (Fsp3) is 0.933. The number of carboxylic acids is 1. The maximum atomic E-state index is 11.4. The van der Waals surface area contributed by atoms with E-state index in [9.17, 15) is 9.90 Å². The van der Waals surface area contributed by atoms with Crippen molar-refractivity contribution in [2.45, 2.75) is 51.5 Å². The van der Waals surface area contributed by atoms with Crippen molar-refractivity contribution in [2.75, 3.05) is 33.0 Å². The van der Waals surface area contributed by atoms with E-state index in [4.69, 9.17) is 9.47 Å². The molecule has 5 nitrogen and oxygen atoms in total. The van der Waals surface area contributed by atoms with Gasteiger partial charge in [-0.1, -0.05) is 13.8 Å². The molecule has 0 aliphatic carbocycles. The fourth-order valence-corrected chi connectivity index (χ4v) is 2.70. The van der Waals surface area contributed by atoms with Crippen molar-refractivity contribution in [3.63, 3.8) is 0 Å². The summed E-state index contributed by atoms with van der Waals surface area (Å²) in [6.45, 7) is 7.62. The molecule has 0 saturated carbocycles. The van der Waals surface area contributed by atoms with Gasteiger partial charge in [0.15, 0.2) is 0 Å². The largest absolute Gasteiger partial charge is 0.480 e. The Morgan fingerprint density at radius 3 is 2.65 bits per heavy atom. The first-order valence-electron chi connectivity index (χ1n) is 7.78. The van der Waals surface area contributed by atoms with Crippen LogP contribution in [0.4, 0.5) is 0 Å². The lowest BCUT2D eigenvalue weighted by molar-refractivity contribution is -0.145. The van der Waals surface area contributed by atoms with Crippen LogP contribution in [-0.2, 0) is 14.3 Å². The molecule has 5 heteroatoms. The Morgan fingerprint density at radius 2 is 2.10 bits per heavy atom. The van der Waals surface area contributed by atoms with Gasteiger partial charge in [-0.3, -0.25) is 4.79 Å². The minimum Gasteiger partial charge on any atom is -0.480 e. The number of hydrogen-bond donors (Lipinski definition) is 2. The van der Waals surface area contributed by atoms with Crippen molar-refractivity contribution in [1.82, 2.24) is 5.32 Å². The molecule has 0 aromatic rings. The zero-order valence-electron chi connectivity index (χ0n) is 12.8. The van der Waals surface area contributed by atoms with Gasteiger partial charge >= 0.3 is 5.97 Å². The molecule has 1 rings (SSSR count). The fourth-order valence-electron chi connectivity index (χ4n) is 2.70. The number of aliphatic carboxylic acids is 1. The summed E-state index contributed by atoms with van der Waals surface area (Å²) in [4.78, 5) is 11.4. The molecule has 0 spiro atoms. The van der Waals surface area contributed by atoms with Gasteiger partial charge in [0.05, 0.1) is 0 Å². The molecule has 1 fully saturated rings. The van der Waals surface area contributed by atoms with Crippen LogP contribution in [0.3, 0.4) is 0 Å². The van der Waals surface area contributed by atoms with Crippen LogP contribution < -0.4 is 5.32 Å². The molecule has 0 radical (unpaired) electrons. The van der Waals surface area contributed by atoms with Crippen molar-refractivity contribution in [3.05, 3.63) is 0 Å². The molecule has 1 saturated heterocycles. The normalized spacial score (nSPS) is 19.7. The average Bonchev–Trinajstić information content (AvgIpc) is 2.46. The quantitative estimate of drug-likeness (QED) is 0.602. The summed E-state index contributed by atoms with van der Waals surface area (Å²) in [6, 6.07) is 0. The molecule has 2 N–H and O–H groups in total. The van der Waals surface area contributed by atoms with Crippen LogP contribution in [0.5, 0.6) is 0 Å². The van der Waals surface area contributed by atoms with E-state index in [0.29, 0.717) is 31.9 Å². The molecular weight excluding hydrogens is 258 g/mol. The molecule has 0 bridgehead atoms. The molecule has 20 heavy (non-hydrogen) atoms. The van der Waals surface area contributed by atoms with E-state index in [1.807, 2.05) is 13.8 Å². The van der Waals surface area contributed by atoms with Gasteiger partial charge in [0.25, 0.3) is 0 Å². The highest BCUT2D eigenvalue weighted by Crippen LogP contribution is 2.19. The number of carboxylic acid groups (broad SMARTS) is 1. The van der Waals surface area contributed by atoms with Crippen LogP contribution in [0, 0.1) is 5.92 Å². The Hall–Kier alpha value is -0.650. The molecule has 1 aliphatic heterocycles. The second-order valence-electron chi connectivity index (χ2n) is 5.51. The number of rotatable bonds is 10. The van der Waals surface area contributed by atoms with Gasteiger partial charge in [0.1, 0.15) is 5.54 Å². The third kappa shape index (κ3) is 5.38. The summed E-state index contributed by atoms with van der Waals surface area (Å²) in [5.41, 5.74) is -0.795. The van der Waals surface area contributed by atoms with Gasteiger partial charge in [-0.2, -0.15) is 0 Å². The first-order valence-corrected chi connectivity index (χ1v) is 7.78. The molecule has 1 heterocycles. The lowest BCUT2D eigenvalue weighted by Crippen LogP contribution is -2.51. The number of ether oxygens (including phenoxy) is 2. The zero-order chi connectivity index (χ0) is 14.8. The Balaban J connectivity index is 2.21. The van der Waals surface area contributed by atoms with E-state index in [-0.39, 0.29) is 0 Å². The highest BCUT2D eigenvalue weighted by molar-refractivity contribution is 5.78. The molecule has 0 aromatic carbocycles. The van der Waals surface area contributed by atoms with Crippen molar-refractivity contribution >= 4 is 5.97 Å². The average molecular weight is 287 g/mol. The molecule has 0 aromatic heterocycles. The predicted octanol–water partition coefficient (Wildman–Crippen LogP) is 2.05. The third-order valence-corrected chi connectivity index (χ3v) is 4.11. The van der Waals surface area contributed by atoms with Gasteiger partial charge in [-0.05, 0) is 44.6 Å². The lowest BCUT2D eigenvalue weighted by Gasteiger charge is -2.29. The van der Waals surface area contributed by atoms with Gasteiger partial charge in [-0.15, -0.1) is 0 Å². The van der Waals surface area contributed by atoms with Gasteiger partial charge in [0.2, 0.25) is 0 Å². The van der Waals surface area contributed by atoms with Gasteiger partial charge in [0, 0.05) is 26.4 Å². The maximum Gasteiger partial charge on any atom is 0.323 e. The van der Waals surface area contributed by atoms with Crippen molar-refractivity contribution in [3.8, 4) is 0 Å². The summed E-state index contributed by atoms with van der Waals surface area (Å²) in [5.74, 6) is -0.154. The van der Waals surface area contributed by atoms with Crippen LogP contribution in [0.2, 0.25) is 0 Å². The molecule has 1 atom stereocenters. The van der Waals surface area contributed by atoms with Gasteiger partial charge in [-0.25, -0.2) is 0 Å². The monoisotopic (exact) mass is 287 g/mol. The highest BCUT2D eigenvalue weighted by atomic mass is 16.5. The number of carbonyl (C=O) groups is 1. The van der Waals surface area contributed by atoms with Crippen LogP contribution in [0.25, 0.3) is 0 Å². The zero-order valence-corrected chi connectivity index (χ0v) is 12.8. The molecular formula is C15H29NO4. The number of hydrogen-bond acceptors (Lipinski definition) is 4. The maximum absolute atomic E-state index is 11.4. The van der Waals surface area contributed by atoms with Crippen molar-refractivity contribution < 1.29 is 19.4 Å². The van der Waals surface area contributed by atoms with Crippen LogP contribution in [0.1, 0.15) is 46.0 Å². The molecule has 1 unspecified atom stereocenters. The summed E-state index contributed by atoms with van der Waals surface area (Å²) < 4.78 is 11.0. The Kier molecular flexibility index (Phi) is 8.11. The van der Waals surface area contributed by atoms with E-state index in [2.05, 4.69) is 5.32 Å². The smallest absolute Gasteiger partial charge is 0.323 e. The SMILES string of the molecule is CCNC(CC)(CCCOCC1CCOCC1)C(=O)O. The third-order valence-electron chi connectivity index (χ3n) is 4.11. The summed E-state index contributed by atoms with van der Waals surface area (Å²) in [7, 11) is 0. The summed E-state index contributed by atoms with van der Waals surface area (Å²) >= 11 is 0. The predicted molar refractivity (Wildman–Crippen MR) is 77.9 cm³/mol. The number of likely N-dealkylation sites (N-methyl/N-ethyl adjacent to an activating group) is 1. The van der Waals surface area contributed by atoms with Crippen LogP contribution in [-0.4, -0.2) is 49.6 Å². The Labute approximate surface area is 122 Å². The van der Waals surface area contributed by atoms with Gasteiger partial charge < -0.3 is 19.9 Å². The summed E-state index contributed by atoms with van der Waals surface area (Å²) in [5, 5.41) is 12.5. The molecule has 1 aliphatic rings. The minimum atomic E-state index is -0.795. The van der Waals surface area contributed by atoms with Crippen LogP contribution in [0.15, 0.2) is 0 Å². The van der Waals surface area contributed by atoms with E-state index in [1.54, 1.807) is 0 Å². The topological polar surface area (TPSA) is 67.8 Å². The lowest BCUT2D eigenvalue weighted by atomic mass is 9.90. The van der Waals surface area contributed by atoms with Crippen molar-refractivity contribution in [1.29, 1.82) is 0 Å². The van der Waals surface area contributed by atoms with E-state index < -0.39 is 11.5 Å².